The van der Waals surface area contributed by atoms with E-state index >= 15 is 0 Å². The number of ether oxygens (including phenoxy) is 5. The van der Waals surface area contributed by atoms with Gasteiger partial charge in [-0.05, 0) is 27.7 Å². The Bertz CT molecular complexity index is 546. The van der Waals surface area contributed by atoms with Crippen molar-refractivity contribution in [2.45, 2.75) is 69.8 Å². The molecule has 0 saturated carbocycles. The van der Waals surface area contributed by atoms with E-state index in [9.17, 15) is 0 Å². The van der Waals surface area contributed by atoms with Gasteiger partial charge < -0.3 is 23.7 Å². The molecule has 1 aromatic heterocycles. The summed E-state index contributed by atoms with van der Waals surface area (Å²) in [6.45, 7) is 8.17. The number of thiazole rings is 1. The zero-order valence-electron chi connectivity index (χ0n) is 13.1. The molecule has 0 unspecified atom stereocenters. The molecule has 4 rings (SSSR count). The summed E-state index contributed by atoms with van der Waals surface area (Å²) in [6.07, 6.45) is 0.839. The summed E-state index contributed by atoms with van der Waals surface area (Å²) in [6, 6.07) is 0. The second-order valence-electron chi connectivity index (χ2n) is 6.82. The molecule has 22 heavy (non-hydrogen) atoms. The first-order valence-electron chi connectivity index (χ1n) is 7.57. The normalized spacial score (nSPS) is 42.6. The third-order valence-corrected chi connectivity index (χ3v) is 5.02. The fourth-order valence-corrected chi connectivity index (χ4v) is 4.09. The van der Waals surface area contributed by atoms with Crippen molar-refractivity contribution in [1.29, 1.82) is 0 Å². The van der Waals surface area contributed by atoms with E-state index in [0.717, 1.165) is 5.01 Å². The maximum atomic E-state index is 6.24. The fourth-order valence-electron chi connectivity index (χ4n) is 3.38. The topological polar surface area (TPSA) is 59.0 Å². The van der Waals surface area contributed by atoms with E-state index in [1.165, 1.54) is 0 Å². The highest BCUT2D eigenvalue weighted by molar-refractivity contribution is 7.09. The zero-order chi connectivity index (χ0) is 15.5. The summed E-state index contributed by atoms with van der Waals surface area (Å²) < 4.78 is 30.1. The standard InChI is InChI=1S/C15H21NO5S/c1-14(2)17-7-8(19-14)9-10-11(21-15(3,4)20-10)12(18-9)13-16-5-6-22-13/h5-6,8-12H,7H2,1-4H3/t8-,9-,10-,11-,12+/m1/s1. The first kappa shape index (κ1) is 15.0. The van der Waals surface area contributed by atoms with Crippen LogP contribution < -0.4 is 0 Å². The highest BCUT2D eigenvalue weighted by atomic mass is 32.1. The SMILES string of the molecule is CC1(C)O[C@H]2[C@@H](O1)[C@@H](c1nccs1)O[C@@H]2[C@H]1COC(C)(C)O1. The van der Waals surface area contributed by atoms with Crippen LogP contribution in [-0.2, 0) is 23.7 Å². The minimum absolute atomic E-state index is 0.162. The van der Waals surface area contributed by atoms with Crippen LogP contribution in [0.4, 0.5) is 0 Å². The first-order valence-corrected chi connectivity index (χ1v) is 8.45. The molecule has 122 valence electrons. The largest absolute Gasteiger partial charge is 0.359 e. The van der Waals surface area contributed by atoms with Crippen LogP contribution in [0.15, 0.2) is 11.6 Å². The van der Waals surface area contributed by atoms with Crippen LogP contribution in [0.1, 0.15) is 38.8 Å². The summed E-state index contributed by atoms with van der Waals surface area (Å²) in [7, 11) is 0. The molecule has 3 saturated heterocycles. The molecular weight excluding hydrogens is 306 g/mol. The fraction of sp³-hybridized carbons (Fsp3) is 0.800. The van der Waals surface area contributed by atoms with Crippen LogP contribution in [0.5, 0.6) is 0 Å². The van der Waals surface area contributed by atoms with Crippen LogP contribution in [0, 0.1) is 0 Å². The van der Waals surface area contributed by atoms with E-state index in [-0.39, 0.29) is 30.5 Å². The average molecular weight is 327 g/mol. The summed E-state index contributed by atoms with van der Waals surface area (Å²) in [5.74, 6) is -1.21. The summed E-state index contributed by atoms with van der Waals surface area (Å²) in [4.78, 5) is 4.38. The van der Waals surface area contributed by atoms with E-state index in [0.29, 0.717) is 6.61 Å². The lowest BCUT2D eigenvalue weighted by Gasteiger charge is -2.26. The van der Waals surface area contributed by atoms with E-state index in [2.05, 4.69) is 4.98 Å². The Morgan fingerprint density at radius 1 is 1.05 bits per heavy atom. The first-order chi connectivity index (χ1) is 10.3. The Hall–Kier alpha value is -0.570. The molecule has 1 aromatic rings. The highest BCUT2D eigenvalue weighted by Gasteiger charge is 2.59. The summed E-state index contributed by atoms with van der Waals surface area (Å²) >= 11 is 1.57. The number of rotatable bonds is 2. The van der Waals surface area contributed by atoms with Crippen molar-refractivity contribution < 1.29 is 23.7 Å². The van der Waals surface area contributed by atoms with Gasteiger partial charge in [0, 0.05) is 11.6 Å². The lowest BCUT2D eigenvalue weighted by molar-refractivity contribution is -0.207. The van der Waals surface area contributed by atoms with Crippen molar-refractivity contribution in [3.63, 3.8) is 0 Å². The summed E-state index contributed by atoms with van der Waals surface area (Å²) in [5, 5.41) is 2.86. The molecule has 0 spiro atoms. The monoisotopic (exact) mass is 327 g/mol. The third-order valence-electron chi connectivity index (χ3n) is 4.18. The van der Waals surface area contributed by atoms with E-state index < -0.39 is 11.6 Å². The van der Waals surface area contributed by atoms with Crippen LogP contribution >= 0.6 is 11.3 Å². The molecule has 0 amide bonds. The molecule has 5 atom stereocenters. The average Bonchev–Trinajstić information content (AvgIpc) is 3.12. The van der Waals surface area contributed by atoms with Gasteiger partial charge in [0.15, 0.2) is 11.6 Å². The van der Waals surface area contributed by atoms with Gasteiger partial charge in [-0.3, -0.25) is 0 Å². The molecule has 0 bridgehead atoms. The Kier molecular flexibility index (Phi) is 3.38. The van der Waals surface area contributed by atoms with Crippen molar-refractivity contribution >= 4 is 11.3 Å². The predicted octanol–water partition coefficient (Wildman–Crippen LogP) is 2.25. The van der Waals surface area contributed by atoms with Crippen molar-refractivity contribution in [3.8, 4) is 0 Å². The van der Waals surface area contributed by atoms with Crippen molar-refractivity contribution in [2.24, 2.45) is 0 Å². The van der Waals surface area contributed by atoms with Gasteiger partial charge in [-0.2, -0.15) is 0 Å². The third kappa shape index (κ3) is 2.50. The van der Waals surface area contributed by atoms with Crippen LogP contribution in [0.25, 0.3) is 0 Å². The Labute approximate surface area is 133 Å². The van der Waals surface area contributed by atoms with Gasteiger partial charge in [-0.1, -0.05) is 0 Å². The Balaban J connectivity index is 1.60. The molecule has 4 heterocycles. The predicted molar refractivity (Wildman–Crippen MR) is 78.5 cm³/mol. The maximum Gasteiger partial charge on any atom is 0.164 e. The van der Waals surface area contributed by atoms with Crippen molar-refractivity contribution in [3.05, 3.63) is 16.6 Å². The highest BCUT2D eigenvalue weighted by Crippen LogP contribution is 2.47. The van der Waals surface area contributed by atoms with Gasteiger partial charge in [0.2, 0.25) is 0 Å². The second kappa shape index (κ2) is 4.96. The van der Waals surface area contributed by atoms with E-state index in [1.54, 1.807) is 17.5 Å². The van der Waals surface area contributed by atoms with Gasteiger partial charge in [0.05, 0.1) is 6.61 Å². The summed E-state index contributed by atoms with van der Waals surface area (Å²) in [5.41, 5.74) is 0. The van der Waals surface area contributed by atoms with E-state index in [1.807, 2.05) is 33.1 Å². The van der Waals surface area contributed by atoms with Gasteiger partial charge in [-0.25, -0.2) is 4.98 Å². The van der Waals surface area contributed by atoms with E-state index in [4.69, 9.17) is 23.7 Å². The minimum atomic E-state index is -0.623. The smallest absolute Gasteiger partial charge is 0.164 e. The number of hydrogen-bond donors (Lipinski definition) is 0. The van der Waals surface area contributed by atoms with Crippen molar-refractivity contribution in [1.82, 2.24) is 4.98 Å². The molecule has 3 aliphatic heterocycles. The molecule has 6 nitrogen and oxygen atoms in total. The molecule has 3 fully saturated rings. The van der Waals surface area contributed by atoms with Gasteiger partial charge in [0.1, 0.15) is 35.5 Å². The lowest BCUT2D eigenvalue weighted by atomic mass is 10.0. The molecule has 0 radical (unpaired) electrons. The molecular formula is C15H21NO5S. The molecule has 0 aromatic carbocycles. The maximum absolute atomic E-state index is 6.24. The van der Waals surface area contributed by atoms with Crippen LogP contribution in [0.3, 0.4) is 0 Å². The van der Waals surface area contributed by atoms with Crippen LogP contribution in [-0.4, -0.2) is 47.6 Å². The lowest BCUT2D eigenvalue weighted by Crippen LogP contribution is -2.40. The quantitative estimate of drug-likeness (QED) is 0.830. The Morgan fingerprint density at radius 3 is 2.45 bits per heavy atom. The zero-order valence-corrected chi connectivity index (χ0v) is 14.0. The minimum Gasteiger partial charge on any atom is -0.359 e. The second-order valence-corrected chi connectivity index (χ2v) is 7.75. The number of aromatic nitrogens is 1. The molecule has 0 aliphatic carbocycles. The molecule has 7 heteroatoms. The molecule has 3 aliphatic rings. The number of nitrogens with zero attached hydrogens (tertiary/aromatic N) is 1. The number of fused-ring (bicyclic) bond motifs is 1. The Morgan fingerprint density at radius 2 is 1.82 bits per heavy atom. The van der Waals surface area contributed by atoms with Gasteiger partial charge in [-0.15, -0.1) is 11.3 Å². The van der Waals surface area contributed by atoms with Crippen LogP contribution in [0.2, 0.25) is 0 Å². The number of hydrogen-bond acceptors (Lipinski definition) is 7. The van der Waals surface area contributed by atoms with Crippen molar-refractivity contribution in [2.75, 3.05) is 6.61 Å². The van der Waals surface area contributed by atoms with Gasteiger partial charge >= 0.3 is 0 Å². The molecule has 0 N–H and O–H groups in total. The van der Waals surface area contributed by atoms with Gasteiger partial charge in [0.25, 0.3) is 0 Å².